The maximum absolute atomic E-state index is 12.7. The molecule has 5 rings (SSSR count). The highest BCUT2D eigenvalue weighted by Crippen LogP contribution is 2.32. The van der Waals surface area contributed by atoms with Crippen molar-refractivity contribution in [3.8, 4) is 0 Å². The van der Waals surface area contributed by atoms with E-state index in [2.05, 4.69) is 20.3 Å². The standard InChI is InChI=1S/C24H22N4O3S/c1-15-10-16(6-8-25-15)24-20-14-26-18(11-17(20)13-27-24)12-23(29)28-21-7-9-32(30,31)22-5-3-2-4-19(21)22/h2-6,8,10-11,14,21H,7,9,12-13H2,1H3,(H,28,29)/t21-/m1/s1. The second kappa shape index (κ2) is 7.94. The topological polar surface area (TPSA) is 101 Å². The fraction of sp³-hybridized carbons (Fsp3) is 0.250. The van der Waals surface area contributed by atoms with Crippen molar-refractivity contribution in [3.63, 3.8) is 0 Å². The highest BCUT2D eigenvalue weighted by atomic mass is 32.2. The Balaban J connectivity index is 1.31. The van der Waals surface area contributed by atoms with Crippen molar-refractivity contribution in [1.29, 1.82) is 0 Å². The van der Waals surface area contributed by atoms with Crippen LogP contribution in [0, 0.1) is 6.92 Å². The second-order valence-corrected chi connectivity index (χ2v) is 10.2. The van der Waals surface area contributed by atoms with Gasteiger partial charge in [0.05, 0.1) is 41.1 Å². The van der Waals surface area contributed by atoms with Gasteiger partial charge in [0.25, 0.3) is 0 Å². The molecule has 2 aliphatic heterocycles. The van der Waals surface area contributed by atoms with Gasteiger partial charge in [0.2, 0.25) is 5.91 Å². The Morgan fingerprint density at radius 3 is 2.84 bits per heavy atom. The summed E-state index contributed by atoms with van der Waals surface area (Å²) in [5, 5.41) is 2.99. The second-order valence-electron chi connectivity index (χ2n) is 8.13. The van der Waals surface area contributed by atoms with Crippen LogP contribution in [0.2, 0.25) is 0 Å². The predicted octanol–water partition coefficient (Wildman–Crippen LogP) is 2.71. The molecule has 2 aromatic heterocycles. The van der Waals surface area contributed by atoms with Crippen LogP contribution in [0.5, 0.6) is 0 Å². The lowest BCUT2D eigenvalue weighted by Gasteiger charge is -2.26. The molecule has 0 unspecified atom stereocenters. The van der Waals surface area contributed by atoms with Crippen LogP contribution in [0.4, 0.5) is 0 Å². The lowest BCUT2D eigenvalue weighted by molar-refractivity contribution is -0.121. The summed E-state index contributed by atoms with van der Waals surface area (Å²) in [7, 11) is -3.29. The Labute approximate surface area is 186 Å². The number of rotatable bonds is 4. The number of aryl methyl sites for hydroxylation is 1. The third-order valence-corrected chi connectivity index (χ3v) is 7.68. The Hall–Kier alpha value is -3.39. The van der Waals surface area contributed by atoms with Gasteiger partial charge >= 0.3 is 0 Å². The fourth-order valence-corrected chi connectivity index (χ4v) is 5.95. The van der Waals surface area contributed by atoms with Gasteiger partial charge in [-0.15, -0.1) is 0 Å². The highest BCUT2D eigenvalue weighted by Gasteiger charge is 2.30. The molecular formula is C24H22N4O3S. The van der Waals surface area contributed by atoms with Gasteiger partial charge in [-0.05, 0) is 48.7 Å². The van der Waals surface area contributed by atoms with E-state index in [4.69, 9.17) is 0 Å². The summed E-state index contributed by atoms with van der Waals surface area (Å²) in [6.07, 6.45) is 4.04. The third-order valence-electron chi connectivity index (χ3n) is 5.86. The van der Waals surface area contributed by atoms with Crippen molar-refractivity contribution in [2.24, 2.45) is 4.99 Å². The maximum Gasteiger partial charge on any atom is 0.226 e. The lowest BCUT2D eigenvalue weighted by atomic mass is 10.0. The van der Waals surface area contributed by atoms with Gasteiger partial charge in [0.15, 0.2) is 9.84 Å². The zero-order valence-corrected chi connectivity index (χ0v) is 18.4. The minimum absolute atomic E-state index is 0.0284. The number of sulfone groups is 1. The van der Waals surface area contributed by atoms with E-state index in [0.29, 0.717) is 29.1 Å². The largest absolute Gasteiger partial charge is 0.349 e. The molecule has 4 heterocycles. The smallest absolute Gasteiger partial charge is 0.226 e. The van der Waals surface area contributed by atoms with Gasteiger partial charge in [-0.2, -0.15) is 0 Å². The first-order valence-corrected chi connectivity index (χ1v) is 12.1. The van der Waals surface area contributed by atoms with Gasteiger partial charge in [-0.3, -0.25) is 19.8 Å². The fourth-order valence-electron chi connectivity index (χ4n) is 4.33. The van der Waals surface area contributed by atoms with E-state index >= 15 is 0 Å². The number of aromatic nitrogens is 2. The molecule has 162 valence electrons. The highest BCUT2D eigenvalue weighted by molar-refractivity contribution is 7.91. The van der Waals surface area contributed by atoms with E-state index in [-0.39, 0.29) is 24.1 Å². The first-order chi connectivity index (χ1) is 15.4. The Morgan fingerprint density at radius 1 is 1.16 bits per heavy atom. The average Bonchev–Trinajstić information content (AvgIpc) is 3.19. The quantitative estimate of drug-likeness (QED) is 0.664. The third kappa shape index (κ3) is 3.82. The Bertz CT molecular complexity index is 1370. The first-order valence-electron chi connectivity index (χ1n) is 10.5. The number of carbonyl (C=O) groups excluding carboxylic acids is 1. The number of amides is 1. The molecule has 1 N–H and O–H groups in total. The monoisotopic (exact) mass is 446 g/mol. The van der Waals surface area contributed by atoms with Crippen molar-refractivity contribution in [1.82, 2.24) is 15.3 Å². The molecule has 0 saturated heterocycles. The van der Waals surface area contributed by atoms with Crippen LogP contribution in [-0.4, -0.2) is 35.8 Å². The number of nitrogens with one attached hydrogen (secondary N) is 1. The van der Waals surface area contributed by atoms with E-state index < -0.39 is 9.84 Å². The Kier molecular flexibility index (Phi) is 5.09. The zero-order chi connectivity index (χ0) is 22.3. The summed E-state index contributed by atoms with van der Waals surface area (Å²) in [6, 6.07) is 12.4. The SMILES string of the molecule is Cc1cc(C2=NCc3cc(CC(=O)N[C@@H]4CCS(=O)(=O)c5ccccc54)ncc32)ccn1. The van der Waals surface area contributed by atoms with Gasteiger partial charge in [-0.1, -0.05) is 18.2 Å². The number of hydrogen-bond donors (Lipinski definition) is 1. The molecule has 32 heavy (non-hydrogen) atoms. The van der Waals surface area contributed by atoms with Crippen LogP contribution in [-0.2, 0) is 27.6 Å². The first kappa shape index (κ1) is 20.5. The lowest BCUT2D eigenvalue weighted by Crippen LogP contribution is -2.34. The zero-order valence-electron chi connectivity index (χ0n) is 17.6. The number of benzene rings is 1. The van der Waals surface area contributed by atoms with Gasteiger partial charge < -0.3 is 5.32 Å². The van der Waals surface area contributed by atoms with Gasteiger partial charge in [0.1, 0.15) is 0 Å². The molecule has 0 aliphatic carbocycles. The minimum atomic E-state index is -3.29. The van der Waals surface area contributed by atoms with Crippen molar-refractivity contribution >= 4 is 21.5 Å². The van der Waals surface area contributed by atoms with E-state index in [0.717, 1.165) is 28.1 Å². The average molecular weight is 447 g/mol. The minimum Gasteiger partial charge on any atom is -0.349 e. The van der Waals surface area contributed by atoms with E-state index in [1.807, 2.05) is 25.1 Å². The summed E-state index contributed by atoms with van der Waals surface area (Å²) < 4.78 is 24.6. The number of aliphatic imine (C=N–C) groups is 1. The molecule has 0 spiro atoms. The van der Waals surface area contributed by atoms with Crippen LogP contribution in [0.25, 0.3) is 0 Å². The number of fused-ring (bicyclic) bond motifs is 2. The summed E-state index contributed by atoms with van der Waals surface area (Å²) in [5.74, 6) is -0.152. The van der Waals surface area contributed by atoms with Crippen molar-refractivity contribution in [2.75, 3.05) is 5.75 Å². The molecule has 2 aliphatic rings. The number of carbonyl (C=O) groups is 1. The molecule has 3 aromatic rings. The normalized spacial score (nSPS) is 18.4. The molecule has 0 radical (unpaired) electrons. The molecule has 7 nitrogen and oxygen atoms in total. The number of hydrogen-bond acceptors (Lipinski definition) is 6. The molecule has 0 saturated carbocycles. The molecular weight excluding hydrogens is 424 g/mol. The summed E-state index contributed by atoms with van der Waals surface area (Å²) in [5.41, 5.74) is 6.17. The Morgan fingerprint density at radius 2 is 2.00 bits per heavy atom. The van der Waals surface area contributed by atoms with Gasteiger partial charge in [0, 0.05) is 29.2 Å². The van der Waals surface area contributed by atoms with Gasteiger partial charge in [-0.25, -0.2) is 8.42 Å². The molecule has 1 aromatic carbocycles. The van der Waals surface area contributed by atoms with Crippen LogP contribution in [0.3, 0.4) is 0 Å². The molecule has 1 atom stereocenters. The number of nitrogens with zero attached hydrogens (tertiary/aromatic N) is 3. The predicted molar refractivity (Wildman–Crippen MR) is 120 cm³/mol. The van der Waals surface area contributed by atoms with E-state index in [1.54, 1.807) is 36.7 Å². The van der Waals surface area contributed by atoms with Crippen LogP contribution in [0.15, 0.2) is 64.7 Å². The maximum atomic E-state index is 12.7. The van der Waals surface area contributed by atoms with Crippen molar-refractivity contribution in [3.05, 3.63) is 88.5 Å². The summed E-state index contributed by atoms with van der Waals surface area (Å²) in [6.45, 7) is 2.50. The summed E-state index contributed by atoms with van der Waals surface area (Å²) >= 11 is 0. The molecule has 0 fully saturated rings. The number of pyridine rings is 2. The summed E-state index contributed by atoms with van der Waals surface area (Å²) in [4.78, 5) is 26.4. The van der Waals surface area contributed by atoms with Crippen molar-refractivity contribution < 1.29 is 13.2 Å². The van der Waals surface area contributed by atoms with Crippen LogP contribution >= 0.6 is 0 Å². The molecule has 1 amide bonds. The molecule has 8 heteroatoms. The van der Waals surface area contributed by atoms with Crippen molar-refractivity contribution in [2.45, 2.75) is 37.2 Å². The van der Waals surface area contributed by atoms with E-state index in [9.17, 15) is 13.2 Å². The molecule has 0 bridgehead atoms. The van der Waals surface area contributed by atoms with E-state index in [1.165, 1.54) is 0 Å². The van der Waals surface area contributed by atoms with Crippen LogP contribution in [0.1, 0.15) is 46.1 Å². The van der Waals surface area contributed by atoms with Crippen LogP contribution < -0.4 is 5.32 Å².